The fourth-order valence-corrected chi connectivity index (χ4v) is 1.99. The fraction of sp³-hybridized carbons (Fsp3) is 0.333. The van der Waals surface area contributed by atoms with E-state index >= 15 is 0 Å². The number of hydrogen-bond donors (Lipinski definition) is 0. The number of nitro groups is 1. The topological polar surface area (TPSA) is 84.0 Å². The van der Waals surface area contributed by atoms with E-state index in [0.29, 0.717) is 4.47 Å². The Balaban J connectivity index is 3.22. The van der Waals surface area contributed by atoms with E-state index in [1.54, 1.807) is 13.8 Å². The van der Waals surface area contributed by atoms with Crippen LogP contribution in [0.5, 0.6) is 0 Å². The second kappa shape index (κ2) is 5.74. The lowest BCUT2D eigenvalue weighted by molar-refractivity contribution is -0.385. The highest BCUT2D eigenvalue weighted by molar-refractivity contribution is 9.10. The van der Waals surface area contributed by atoms with Crippen LogP contribution < -0.4 is 0 Å². The van der Waals surface area contributed by atoms with E-state index in [2.05, 4.69) is 15.9 Å². The van der Waals surface area contributed by atoms with Gasteiger partial charge in [0, 0.05) is 22.2 Å². The summed E-state index contributed by atoms with van der Waals surface area (Å²) in [5.74, 6) is -1.32. The minimum absolute atomic E-state index is 0.138. The first-order valence-electron chi connectivity index (χ1n) is 5.25. The highest BCUT2D eigenvalue weighted by Crippen LogP contribution is 2.25. The molecule has 1 unspecified atom stereocenters. The maximum absolute atomic E-state index is 12.1. The Labute approximate surface area is 113 Å². The molecular formula is C12H11BrN2O3. The molecule has 1 rings (SSSR count). The van der Waals surface area contributed by atoms with Gasteiger partial charge in [0.05, 0.1) is 11.0 Å². The van der Waals surface area contributed by atoms with Crippen LogP contribution >= 0.6 is 15.9 Å². The zero-order chi connectivity index (χ0) is 13.9. The first-order valence-corrected chi connectivity index (χ1v) is 6.05. The third-order valence-corrected chi connectivity index (χ3v) is 2.92. The molecule has 1 atom stereocenters. The van der Waals surface area contributed by atoms with Gasteiger partial charge in [0.25, 0.3) is 5.69 Å². The molecular weight excluding hydrogens is 300 g/mol. The molecule has 18 heavy (non-hydrogen) atoms. The molecule has 0 bridgehead atoms. The number of carbonyl (C=O) groups excluding carboxylic acids is 1. The lowest BCUT2D eigenvalue weighted by Crippen LogP contribution is -2.18. The van der Waals surface area contributed by atoms with E-state index in [0.717, 1.165) is 0 Å². The van der Waals surface area contributed by atoms with Crippen LogP contribution in [0.25, 0.3) is 0 Å². The van der Waals surface area contributed by atoms with Crippen molar-refractivity contribution in [3.8, 4) is 6.07 Å². The van der Waals surface area contributed by atoms with E-state index in [1.807, 2.05) is 6.07 Å². The molecule has 0 fully saturated rings. The van der Waals surface area contributed by atoms with Gasteiger partial charge >= 0.3 is 0 Å². The number of ketones is 1. The Kier molecular flexibility index (Phi) is 4.56. The summed E-state index contributed by atoms with van der Waals surface area (Å²) in [5.41, 5.74) is 0.00416. The van der Waals surface area contributed by atoms with Crippen molar-refractivity contribution in [2.45, 2.75) is 13.8 Å². The number of benzene rings is 1. The van der Waals surface area contributed by atoms with Gasteiger partial charge in [-0.15, -0.1) is 0 Å². The number of Topliss-reactive ketones (excluding diaryl/α,β-unsaturated/α-hetero) is 1. The summed E-state index contributed by atoms with van der Waals surface area (Å²) in [6, 6.07) is 5.93. The second-order valence-electron chi connectivity index (χ2n) is 4.17. The lowest BCUT2D eigenvalue weighted by Gasteiger charge is -2.11. The van der Waals surface area contributed by atoms with Gasteiger partial charge in [0.15, 0.2) is 5.78 Å². The molecule has 0 saturated heterocycles. The third-order valence-electron chi connectivity index (χ3n) is 2.47. The zero-order valence-electron chi connectivity index (χ0n) is 9.88. The molecule has 0 aromatic heterocycles. The zero-order valence-corrected chi connectivity index (χ0v) is 11.5. The number of carbonyl (C=O) groups is 1. The van der Waals surface area contributed by atoms with Crippen molar-refractivity contribution in [2.75, 3.05) is 0 Å². The number of halogens is 1. The number of nitriles is 1. The molecule has 5 nitrogen and oxygen atoms in total. The van der Waals surface area contributed by atoms with Gasteiger partial charge in [-0.3, -0.25) is 14.9 Å². The molecule has 0 saturated carbocycles. The van der Waals surface area contributed by atoms with E-state index in [9.17, 15) is 14.9 Å². The van der Waals surface area contributed by atoms with Crippen molar-refractivity contribution in [3.63, 3.8) is 0 Å². The number of nitrogens with zero attached hydrogens (tertiary/aromatic N) is 2. The normalized spacial score (nSPS) is 11.9. The molecule has 0 aliphatic rings. The average molecular weight is 311 g/mol. The van der Waals surface area contributed by atoms with Crippen molar-refractivity contribution >= 4 is 27.4 Å². The predicted molar refractivity (Wildman–Crippen MR) is 69.1 cm³/mol. The van der Waals surface area contributed by atoms with Crippen LogP contribution in [0.2, 0.25) is 0 Å². The number of rotatable bonds is 4. The number of non-ortho nitro benzene ring substituents is 1. The first kappa shape index (κ1) is 14.3. The molecule has 0 spiro atoms. The summed E-state index contributed by atoms with van der Waals surface area (Å²) in [5, 5.41) is 19.7. The number of hydrogen-bond acceptors (Lipinski definition) is 4. The van der Waals surface area contributed by atoms with Crippen LogP contribution in [0, 0.1) is 33.3 Å². The van der Waals surface area contributed by atoms with Crippen LogP contribution in [-0.4, -0.2) is 10.7 Å². The van der Waals surface area contributed by atoms with Crippen molar-refractivity contribution in [1.82, 2.24) is 0 Å². The van der Waals surface area contributed by atoms with Gasteiger partial charge in [-0.05, 0) is 12.0 Å². The Morgan fingerprint density at radius 1 is 1.44 bits per heavy atom. The van der Waals surface area contributed by atoms with Gasteiger partial charge < -0.3 is 0 Å². The molecule has 1 aromatic rings. The fourth-order valence-electron chi connectivity index (χ4n) is 1.51. The van der Waals surface area contributed by atoms with Gasteiger partial charge in [0.2, 0.25) is 0 Å². The van der Waals surface area contributed by atoms with Crippen LogP contribution in [0.3, 0.4) is 0 Å². The molecule has 6 heteroatoms. The molecule has 0 aliphatic carbocycles. The summed E-state index contributed by atoms with van der Waals surface area (Å²) in [7, 11) is 0. The Morgan fingerprint density at radius 2 is 2.06 bits per heavy atom. The highest BCUT2D eigenvalue weighted by Gasteiger charge is 2.24. The van der Waals surface area contributed by atoms with Gasteiger partial charge in [0.1, 0.15) is 5.92 Å². The predicted octanol–water partition coefficient (Wildman–Crippen LogP) is 3.34. The van der Waals surface area contributed by atoms with E-state index in [4.69, 9.17) is 5.26 Å². The van der Waals surface area contributed by atoms with E-state index < -0.39 is 16.6 Å². The minimum atomic E-state index is -0.793. The Bertz CT molecular complexity index is 535. The molecule has 94 valence electrons. The number of nitro benzene ring substituents is 1. The van der Waals surface area contributed by atoms with Gasteiger partial charge in [-0.2, -0.15) is 5.26 Å². The summed E-state index contributed by atoms with van der Waals surface area (Å²) < 4.78 is 0.445. The van der Waals surface area contributed by atoms with Crippen LogP contribution in [0.15, 0.2) is 22.7 Å². The van der Waals surface area contributed by atoms with Crippen LogP contribution in [-0.2, 0) is 0 Å². The standard InChI is InChI=1S/C12H11BrN2O3/c1-7(2)11(6-14)12(16)8-3-9(13)5-10(4-8)15(17)18/h3-5,7,11H,1-2H3. The third kappa shape index (κ3) is 3.14. The summed E-state index contributed by atoms with van der Waals surface area (Å²) in [6.07, 6.45) is 0. The van der Waals surface area contributed by atoms with E-state index in [-0.39, 0.29) is 17.2 Å². The SMILES string of the molecule is CC(C)C(C#N)C(=O)c1cc(Br)cc([N+](=O)[O-])c1. The lowest BCUT2D eigenvalue weighted by atomic mass is 9.89. The molecule has 0 radical (unpaired) electrons. The highest BCUT2D eigenvalue weighted by atomic mass is 79.9. The van der Waals surface area contributed by atoms with Crippen molar-refractivity contribution in [2.24, 2.45) is 11.8 Å². The molecule has 0 amide bonds. The molecule has 0 aliphatic heterocycles. The maximum Gasteiger partial charge on any atom is 0.271 e. The second-order valence-corrected chi connectivity index (χ2v) is 5.09. The summed E-state index contributed by atoms with van der Waals surface area (Å²) in [4.78, 5) is 22.2. The smallest absolute Gasteiger partial charge is 0.271 e. The average Bonchev–Trinajstić information content (AvgIpc) is 2.28. The largest absolute Gasteiger partial charge is 0.293 e. The Morgan fingerprint density at radius 3 is 2.50 bits per heavy atom. The first-order chi connectivity index (χ1) is 8.36. The quantitative estimate of drug-likeness (QED) is 0.485. The van der Waals surface area contributed by atoms with Crippen molar-refractivity contribution in [1.29, 1.82) is 5.26 Å². The maximum atomic E-state index is 12.1. The molecule has 1 aromatic carbocycles. The van der Waals surface area contributed by atoms with Gasteiger partial charge in [-0.1, -0.05) is 29.8 Å². The van der Waals surface area contributed by atoms with Crippen LogP contribution in [0.1, 0.15) is 24.2 Å². The van der Waals surface area contributed by atoms with Crippen molar-refractivity contribution in [3.05, 3.63) is 38.3 Å². The summed E-state index contributed by atoms with van der Waals surface area (Å²) >= 11 is 3.12. The molecule has 0 heterocycles. The van der Waals surface area contributed by atoms with Gasteiger partial charge in [-0.25, -0.2) is 0 Å². The minimum Gasteiger partial charge on any atom is -0.293 e. The monoisotopic (exact) mass is 310 g/mol. The summed E-state index contributed by atoms with van der Waals surface area (Å²) in [6.45, 7) is 3.52. The van der Waals surface area contributed by atoms with E-state index in [1.165, 1.54) is 18.2 Å². The van der Waals surface area contributed by atoms with Crippen molar-refractivity contribution < 1.29 is 9.72 Å². The molecule has 0 N–H and O–H groups in total. The Hall–Kier alpha value is -1.74. The van der Waals surface area contributed by atoms with Crippen LogP contribution in [0.4, 0.5) is 5.69 Å².